The summed E-state index contributed by atoms with van der Waals surface area (Å²) in [5, 5.41) is -0.0824. The van der Waals surface area contributed by atoms with E-state index < -0.39 is 10.0 Å². The Labute approximate surface area is 107 Å². The number of H-pyrrole nitrogens is 1. The maximum absolute atomic E-state index is 11.8. The fraction of sp³-hybridized carbons (Fsp3) is 0. The van der Waals surface area contributed by atoms with E-state index >= 15 is 0 Å². The number of anilines is 1. The molecule has 9 heteroatoms. The van der Waals surface area contributed by atoms with Crippen molar-refractivity contribution in [1.82, 2.24) is 15.0 Å². The van der Waals surface area contributed by atoms with E-state index in [9.17, 15) is 8.42 Å². The monoisotopic (exact) mass is 292 g/mol. The highest BCUT2D eigenvalue weighted by molar-refractivity contribution is 7.92. The van der Waals surface area contributed by atoms with Crippen LogP contribution < -0.4 is 4.72 Å². The van der Waals surface area contributed by atoms with Crippen LogP contribution in [0, 0.1) is 0 Å². The van der Waals surface area contributed by atoms with Gasteiger partial charge >= 0.3 is 0 Å². The molecular formula is C8H6Cl2N4O2S. The van der Waals surface area contributed by atoms with Crippen molar-refractivity contribution in [3.63, 3.8) is 0 Å². The quantitative estimate of drug-likeness (QED) is 0.668. The highest BCUT2D eigenvalue weighted by atomic mass is 35.5. The van der Waals surface area contributed by atoms with E-state index in [1.54, 1.807) is 0 Å². The minimum Gasteiger partial charge on any atom is -0.366 e. The zero-order valence-electron chi connectivity index (χ0n) is 8.18. The summed E-state index contributed by atoms with van der Waals surface area (Å²) in [5.74, 6) is 0.0104. The van der Waals surface area contributed by atoms with Gasteiger partial charge in [-0.15, -0.1) is 0 Å². The third-order valence-corrected chi connectivity index (χ3v) is 3.50. The molecule has 0 unspecified atom stereocenters. The predicted octanol–water partition coefficient (Wildman–Crippen LogP) is 1.91. The zero-order chi connectivity index (χ0) is 12.5. The topological polar surface area (TPSA) is 87.7 Å². The highest BCUT2D eigenvalue weighted by Gasteiger charge is 2.15. The van der Waals surface area contributed by atoms with Crippen LogP contribution in [-0.2, 0) is 10.0 Å². The molecule has 2 heterocycles. The Hall–Kier alpha value is -1.31. The van der Waals surface area contributed by atoms with Crippen molar-refractivity contribution in [3.05, 3.63) is 35.0 Å². The molecule has 0 aliphatic heterocycles. The van der Waals surface area contributed by atoms with Crippen LogP contribution in [-0.4, -0.2) is 23.4 Å². The van der Waals surface area contributed by atoms with E-state index in [1.807, 2.05) is 0 Å². The Bertz CT molecular complexity index is 607. The molecule has 0 radical (unpaired) electrons. The fourth-order valence-electron chi connectivity index (χ4n) is 1.11. The minimum atomic E-state index is -3.69. The maximum Gasteiger partial charge on any atom is 0.264 e. The van der Waals surface area contributed by atoms with Gasteiger partial charge in [0, 0.05) is 18.5 Å². The molecule has 17 heavy (non-hydrogen) atoms. The molecule has 2 aromatic heterocycles. The van der Waals surface area contributed by atoms with Crippen molar-refractivity contribution < 1.29 is 8.42 Å². The molecular weight excluding hydrogens is 287 g/mol. The molecule has 2 aromatic rings. The SMILES string of the molecule is O=S(=O)(Nc1cc(Cl)nc(Cl)n1)c1cc[nH]c1. The molecule has 0 spiro atoms. The van der Waals surface area contributed by atoms with Gasteiger partial charge in [0.25, 0.3) is 10.0 Å². The van der Waals surface area contributed by atoms with Gasteiger partial charge in [-0.3, -0.25) is 4.72 Å². The summed E-state index contributed by atoms with van der Waals surface area (Å²) in [6.07, 6.45) is 2.83. The first-order valence-corrected chi connectivity index (χ1v) is 6.57. The van der Waals surface area contributed by atoms with Crippen LogP contribution in [0.4, 0.5) is 5.82 Å². The number of nitrogens with one attached hydrogen (secondary N) is 2. The second-order valence-corrected chi connectivity index (χ2v) is 5.40. The van der Waals surface area contributed by atoms with Crippen molar-refractivity contribution in [2.45, 2.75) is 4.90 Å². The minimum absolute atomic E-state index is 0.0104. The summed E-state index contributed by atoms with van der Waals surface area (Å²) in [7, 11) is -3.69. The van der Waals surface area contributed by atoms with Gasteiger partial charge in [-0.25, -0.2) is 13.4 Å². The Balaban J connectivity index is 2.33. The molecule has 0 saturated heterocycles. The van der Waals surface area contributed by atoms with Crippen molar-refractivity contribution in [1.29, 1.82) is 0 Å². The molecule has 2 N–H and O–H groups in total. The Morgan fingerprint density at radius 1 is 1.29 bits per heavy atom. The van der Waals surface area contributed by atoms with Gasteiger partial charge in [-0.1, -0.05) is 11.6 Å². The molecule has 0 aliphatic rings. The van der Waals surface area contributed by atoms with E-state index in [-0.39, 0.29) is 21.2 Å². The fourth-order valence-corrected chi connectivity index (χ4v) is 2.49. The largest absolute Gasteiger partial charge is 0.366 e. The summed E-state index contributed by atoms with van der Waals surface area (Å²) >= 11 is 11.2. The second-order valence-electron chi connectivity index (χ2n) is 3.00. The lowest BCUT2D eigenvalue weighted by Crippen LogP contribution is -2.13. The smallest absolute Gasteiger partial charge is 0.264 e. The van der Waals surface area contributed by atoms with Gasteiger partial charge in [-0.2, -0.15) is 4.98 Å². The van der Waals surface area contributed by atoms with E-state index in [1.165, 1.54) is 24.5 Å². The summed E-state index contributed by atoms with van der Waals surface area (Å²) in [6.45, 7) is 0. The summed E-state index contributed by atoms with van der Waals surface area (Å²) in [6, 6.07) is 2.67. The molecule has 0 aliphatic carbocycles. The number of sulfonamides is 1. The van der Waals surface area contributed by atoms with E-state index in [0.717, 1.165) is 0 Å². The second kappa shape index (κ2) is 4.52. The van der Waals surface area contributed by atoms with Gasteiger partial charge in [0.1, 0.15) is 15.9 Å². The van der Waals surface area contributed by atoms with E-state index in [2.05, 4.69) is 19.7 Å². The van der Waals surface area contributed by atoms with Crippen LogP contribution in [0.15, 0.2) is 29.4 Å². The highest BCUT2D eigenvalue weighted by Crippen LogP contribution is 2.18. The van der Waals surface area contributed by atoms with Gasteiger partial charge in [0.15, 0.2) is 0 Å². The van der Waals surface area contributed by atoms with Crippen LogP contribution in [0.1, 0.15) is 0 Å². The van der Waals surface area contributed by atoms with Gasteiger partial charge in [-0.05, 0) is 17.7 Å². The lowest BCUT2D eigenvalue weighted by atomic mass is 10.6. The number of rotatable bonds is 3. The van der Waals surface area contributed by atoms with Crippen LogP contribution in [0.3, 0.4) is 0 Å². The first-order chi connectivity index (χ1) is 7.97. The number of aromatic nitrogens is 3. The van der Waals surface area contributed by atoms with Crippen molar-refractivity contribution in [2.24, 2.45) is 0 Å². The van der Waals surface area contributed by atoms with Crippen LogP contribution in [0.25, 0.3) is 0 Å². The van der Waals surface area contributed by atoms with Crippen molar-refractivity contribution in [2.75, 3.05) is 4.72 Å². The van der Waals surface area contributed by atoms with Gasteiger partial charge in [0.05, 0.1) is 0 Å². The zero-order valence-corrected chi connectivity index (χ0v) is 10.5. The van der Waals surface area contributed by atoms with Crippen LogP contribution >= 0.6 is 23.2 Å². The van der Waals surface area contributed by atoms with Crippen molar-refractivity contribution >= 4 is 39.0 Å². The normalized spacial score (nSPS) is 11.4. The standard InChI is InChI=1S/C8H6Cl2N4O2S/c9-6-3-7(13-8(10)12-6)14-17(15,16)5-1-2-11-4-5/h1-4,11H,(H,12,13,14). The van der Waals surface area contributed by atoms with Crippen LogP contribution in [0.2, 0.25) is 10.4 Å². The molecule has 0 fully saturated rings. The number of hydrogen-bond donors (Lipinski definition) is 2. The average molecular weight is 293 g/mol. The molecule has 0 atom stereocenters. The molecule has 6 nitrogen and oxygen atoms in total. The number of aromatic amines is 1. The predicted molar refractivity (Wildman–Crippen MR) is 63.7 cm³/mol. The maximum atomic E-state index is 11.8. The average Bonchev–Trinajstić information content (AvgIpc) is 2.67. The summed E-state index contributed by atoms with van der Waals surface area (Å²) < 4.78 is 25.8. The third kappa shape index (κ3) is 2.87. The molecule has 90 valence electrons. The van der Waals surface area contributed by atoms with Gasteiger partial charge in [0.2, 0.25) is 5.28 Å². The van der Waals surface area contributed by atoms with E-state index in [4.69, 9.17) is 23.2 Å². The molecule has 0 amide bonds. The van der Waals surface area contributed by atoms with Gasteiger partial charge < -0.3 is 4.98 Å². The summed E-state index contributed by atoms with van der Waals surface area (Å²) in [4.78, 5) is 10.0. The Morgan fingerprint density at radius 2 is 2.06 bits per heavy atom. The Kier molecular flexibility index (Phi) is 3.23. The number of nitrogens with zero attached hydrogens (tertiary/aromatic N) is 2. The van der Waals surface area contributed by atoms with Crippen molar-refractivity contribution in [3.8, 4) is 0 Å². The lowest BCUT2D eigenvalue weighted by molar-refractivity contribution is 0.601. The number of hydrogen-bond acceptors (Lipinski definition) is 4. The third-order valence-electron chi connectivity index (χ3n) is 1.79. The van der Waals surface area contributed by atoms with Crippen LogP contribution in [0.5, 0.6) is 0 Å². The lowest BCUT2D eigenvalue weighted by Gasteiger charge is -2.05. The molecule has 2 rings (SSSR count). The first kappa shape index (κ1) is 12.2. The molecule has 0 saturated carbocycles. The first-order valence-electron chi connectivity index (χ1n) is 4.33. The molecule has 0 aromatic carbocycles. The Morgan fingerprint density at radius 3 is 2.65 bits per heavy atom. The van der Waals surface area contributed by atoms with E-state index in [0.29, 0.717) is 0 Å². The summed E-state index contributed by atoms with van der Waals surface area (Å²) in [5.41, 5.74) is 0. The number of halogens is 2. The molecule has 0 bridgehead atoms.